The maximum absolute atomic E-state index is 10.1. The van der Waals surface area contributed by atoms with E-state index >= 15 is 0 Å². The molecule has 0 bridgehead atoms. The van der Waals surface area contributed by atoms with Crippen LogP contribution in [0.25, 0.3) is 0 Å². The summed E-state index contributed by atoms with van der Waals surface area (Å²) in [5.41, 5.74) is -5.70. The van der Waals surface area contributed by atoms with Gasteiger partial charge in [-0.1, -0.05) is 13.8 Å². The van der Waals surface area contributed by atoms with Gasteiger partial charge in [-0.05, 0) is 33.6 Å². The predicted octanol–water partition coefficient (Wildman–Crippen LogP) is -1.55. The van der Waals surface area contributed by atoms with Gasteiger partial charge in [0.1, 0.15) is 22.9 Å². The molecule has 0 spiro atoms. The van der Waals surface area contributed by atoms with Crippen molar-refractivity contribution in [2.45, 2.75) is 70.4 Å². The number of ether oxygens (including phenoxy) is 5. The SMILES string of the molecule is CCC(COCC(O)CO)(COCC(C)(O)CO)COCC(CC)(COCC(C)(O)CO)COCC(C)(O)CO. The van der Waals surface area contributed by atoms with Crippen LogP contribution in [0.15, 0.2) is 0 Å². The van der Waals surface area contributed by atoms with Crippen LogP contribution in [0.4, 0.5) is 0 Å². The molecule has 8 N–H and O–H groups in total. The fraction of sp³-hybridized carbons (Fsp3) is 1.00. The van der Waals surface area contributed by atoms with E-state index in [4.69, 9.17) is 28.8 Å². The smallest absolute Gasteiger partial charge is 0.108 e. The number of rotatable bonds is 26. The predicted molar refractivity (Wildman–Crippen MR) is 146 cm³/mol. The molecule has 5 unspecified atom stereocenters. The van der Waals surface area contributed by atoms with Crippen molar-refractivity contribution >= 4 is 0 Å². The summed E-state index contributed by atoms with van der Waals surface area (Å²) in [6.45, 7) is 6.53. The molecule has 0 aliphatic heterocycles. The normalized spacial score (nSPS) is 20.6. The average Bonchev–Trinajstić information content (AvgIpc) is 2.92. The molecule has 0 radical (unpaired) electrons. The minimum Gasteiger partial charge on any atom is -0.394 e. The van der Waals surface area contributed by atoms with Crippen molar-refractivity contribution in [2.24, 2.45) is 10.8 Å². The van der Waals surface area contributed by atoms with E-state index in [1.807, 2.05) is 13.8 Å². The second-order valence-electron chi connectivity index (χ2n) is 12.0. The first-order valence-corrected chi connectivity index (χ1v) is 13.8. The molecule has 0 amide bonds. The lowest BCUT2D eigenvalue weighted by Crippen LogP contribution is -2.45. The van der Waals surface area contributed by atoms with E-state index in [2.05, 4.69) is 0 Å². The summed E-state index contributed by atoms with van der Waals surface area (Å²) in [6.07, 6.45) is 0.0266. The molecule has 13 nitrogen and oxygen atoms in total. The van der Waals surface area contributed by atoms with Crippen LogP contribution < -0.4 is 0 Å². The summed E-state index contributed by atoms with van der Waals surface area (Å²) in [6, 6.07) is 0. The highest BCUT2D eigenvalue weighted by Gasteiger charge is 2.36. The van der Waals surface area contributed by atoms with Gasteiger partial charge in [0.05, 0.1) is 92.5 Å². The van der Waals surface area contributed by atoms with E-state index in [-0.39, 0.29) is 66.1 Å². The largest absolute Gasteiger partial charge is 0.394 e. The highest BCUT2D eigenvalue weighted by Crippen LogP contribution is 2.29. The van der Waals surface area contributed by atoms with E-state index in [9.17, 15) is 35.7 Å². The van der Waals surface area contributed by atoms with Gasteiger partial charge in [0.25, 0.3) is 0 Å². The Morgan fingerprint density at radius 3 is 1.02 bits per heavy atom. The molecule has 0 aromatic heterocycles. The summed E-state index contributed by atoms with van der Waals surface area (Å²) in [5.74, 6) is 0. The van der Waals surface area contributed by atoms with Gasteiger partial charge in [-0.2, -0.15) is 0 Å². The van der Waals surface area contributed by atoms with Gasteiger partial charge in [0.15, 0.2) is 0 Å². The van der Waals surface area contributed by atoms with Gasteiger partial charge in [0, 0.05) is 10.8 Å². The van der Waals surface area contributed by atoms with Crippen LogP contribution in [-0.2, 0) is 23.7 Å². The summed E-state index contributed by atoms with van der Waals surface area (Å²) >= 11 is 0. The van der Waals surface area contributed by atoms with E-state index < -0.39 is 60.2 Å². The van der Waals surface area contributed by atoms with Crippen LogP contribution >= 0.6 is 0 Å². The van der Waals surface area contributed by atoms with Crippen LogP contribution in [0, 0.1) is 10.8 Å². The highest BCUT2D eigenvalue weighted by atomic mass is 16.5. The van der Waals surface area contributed by atoms with Gasteiger partial charge < -0.3 is 64.5 Å². The zero-order valence-corrected chi connectivity index (χ0v) is 25.0. The third-order valence-corrected chi connectivity index (χ3v) is 6.73. The Morgan fingerprint density at radius 2 is 0.775 bits per heavy atom. The molecule has 0 aliphatic carbocycles. The van der Waals surface area contributed by atoms with Gasteiger partial charge in [-0.3, -0.25) is 0 Å². The lowest BCUT2D eigenvalue weighted by molar-refractivity contribution is -0.146. The molecule has 40 heavy (non-hydrogen) atoms. The molecule has 242 valence electrons. The maximum atomic E-state index is 10.1. The van der Waals surface area contributed by atoms with Gasteiger partial charge in [0.2, 0.25) is 0 Å². The molecule has 5 atom stereocenters. The summed E-state index contributed by atoms with van der Waals surface area (Å²) in [4.78, 5) is 0. The molecule has 0 fully saturated rings. The third kappa shape index (κ3) is 16.2. The molecular weight excluding hydrogens is 532 g/mol. The van der Waals surface area contributed by atoms with Gasteiger partial charge in [-0.25, -0.2) is 0 Å². The minimum absolute atomic E-state index is 0.0945. The van der Waals surface area contributed by atoms with Crippen LogP contribution in [0.5, 0.6) is 0 Å². The van der Waals surface area contributed by atoms with Crippen LogP contribution in [0.2, 0.25) is 0 Å². The van der Waals surface area contributed by atoms with Crippen molar-refractivity contribution in [1.29, 1.82) is 0 Å². The van der Waals surface area contributed by atoms with Crippen molar-refractivity contribution < 1.29 is 64.5 Å². The van der Waals surface area contributed by atoms with Crippen LogP contribution in [-0.4, -0.2) is 156 Å². The van der Waals surface area contributed by atoms with Crippen molar-refractivity contribution in [2.75, 3.05) is 92.5 Å². The van der Waals surface area contributed by atoms with Crippen molar-refractivity contribution in [3.05, 3.63) is 0 Å². The van der Waals surface area contributed by atoms with Crippen LogP contribution in [0.3, 0.4) is 0 Å². The zero-order chi connectivity index (χ0) is 30.9. The Bertz CT molecular complexity index is 622. The minimum atomic E-state index is -1.43. The van der Waals surface area contributed by atoms with E-state index in [1.165, 1.54) is 20.8 Å². The standard InChI is InChI=1S/C27H56O13/c1-6-26(16-36-9-22(32)8-28,17-37-13-23(3,33)10-29)20-40-21-27(7-2,18-38-14-24(4,34)11-30)19-39-15-25(5,35)12-31/h22,28-35H,6-21H2,1-5H3. The molecule has 0 saturated heterocycles. The Balaban J connectivity index is 5.60. The Labute approximate surface area is 238 Å². The second kappa shape index (κ2) is 18.9. The summed E-state index contributed by atoms with van der Waals surface area (Å²) < 4.78 is 29.1. The highest BCUT2D eigenvalue weighted by molar-refractivity contribution is 4.83. The fourth-order valence-corrected chi connectivity index (χ4v) is 3.41. The first-order chi connectivity index (χ1) is 18.6. The zero-order valence-electron chi connectivity index (χ0n) is 25.0. The van der Waals surface area contributed by atoms with Crippen molar-refractivity contribution in [3.63, 3.8) is 0 Å². The molecule has 0 rings (SSSR count). The molecule has 0 aliphatic rings. The quantitative estimate of drug-likeness (QED) is 0.0576. The Kier molecular flexibility index (Phi) is 18.7. The topological polar surface area (TPSA) is 208 Å². The maximum Gasteiger partial charge on any atom is 0.108 e. The fourth-order valence-electron chi connectivity index (χ4n) is 3.41. The molecule has 0 heterocycles. The van der Waals surface area contributed by atoms with Crippen molar-refractivity contribution in [1.82, 2.24) is 0 Å². The molecule has 0 aromatic rings. The number of aliphatic hydroxyl groups excluding tert-OH is 5. The van der Waals surface area contributed by atoms with Crippen molar-refractivity contribution in [3.8, 4) is 0 Å². The van der Waals surface area contributed by atoms with E-state index in [0.29, 0.717) is 12.8 Å². The van der Waals surface area contributed by atoms with Gasteiger partial charge >= 0.3 is 0 Å². The van der Waals surface area contributed by atoms with E-state index in [1.54, 1.807) is 0 Å². The summed E-state index contributed by atoms with van der Waals surface area (Å²) in [7, 11) is 0. The first kappa shape index (κ1) is 39.5. The monoisotopic (exact) mass is 588 g/mol. The lowest BCUT2D eigenvalue weighted by atomic mass is 9.86. The number of hydrogen-bond acceptors (Lipinski definition) is 13. The third-order valence-electron chi connectivity index (χ3n) is 6.73. The first-order valence-electron chi connectivity index (χ1n) is 13.8. The Morgan fingerprint density at radius 1 is 0.500 bits per heavy atom. The van der Waals surface area contributed by atoms with Gasteiger partial charge in [-0.15, -0.1) is 0 Å². The van der Waals surface area contributed by atoms with Crippen LogP contribution in [0.1, 0.15) is 47.5 Å². The number of aliphatic hydroxyl groups is 8. The lowest BCUT2D eigenvalue weighted by Gasteiger charge is -2.37. The second-order valence-corrected chi connectivity index (χ2v) is 12.0. The van der Waals surface area contributed by atoms with E-state index in [0.717, 1.165) is 0 Å². The average molecular weight is 589 g/mol. The Hall–Kier alpha value is -0.520. The molecule has 13 heteroatoms. The summed E-state index contributed by atoms with van der Waals surface area (Å²) in [5, 5.41) is 77.1. The number of hydrogen-bond donors (Lipinski definition) is 8. The molecule has 0 saturated carbocycles. The molecule has 0 aromatic carbocycles. The molecular formula is C27H56O13.